The average molecular weight is 667 g/mol. The second-order valence-corrected chi connectivity index (χ2v) is 15.1. The van der Waals surface area contributed by atoms with E-state index in [0.29, 0.717) is 61.3 Å². The number of hydrogen-bond donors (Lipinski definition) is 4. The van der Waals surface area contributed by atoms with E-state index < -0.39 is 11.6 Å². The molecule has 2 saturated heterocycles. The maximum absolute atomic E-state index is 13.9. The number of ether oxygens (including phenoxy) is 1. The number of nitrogens with zero attached hydrogens (tertiary/aromatic N) is 4. The molecule has 2 aliphatic rings. The molecule has 5 rings (SSSR count). The highest BCUT2D eigenvalue weighted by atomic mass is 32.1. The number of pyridine rings is 1. The van der Waals surface area contributed by atoms with E-state index in [1.165, 1.54) is 11.3 Å². The number of carbonyl (C=O) groups excluding carboxylic acids is 3. The monoisotopic (exact) mass is 666 g/mol. The van der Waals surface area contributed by atoms with Gasteiger partial charge >= 0.3 is 6.03 Å². The molecule has 252 valence electrons. The molecular formula is C34H46N6O6S+2. The summed E-state index contributed by atoms with van der Waals surface area (Å²) in [7, 11) is 1.73. The number of rotatable bonds is 6. The molecule has 0 saturated carbocycles. The van der Waals surface area contributed by atoms with E-state index in [9.17, 15) is 24.8 Å². The Kier molecular flexibility index (Phi) is 9.39. The Morgan fingerprint density at radius 2 is 1.79 bits per heavy atom. The number of benzene rings is 1. The molecule has 4 N–H and O–H groups in total. The van der Waals surface area contributed by atoms with Crippen molar-refractivity contribution in [2.75, 3.05) is 57.1 Å². The quantitative estimate of drug-likeness (QED) is 0.172. The van der Waals surface area contributed by atoms with Crippen LogP contribution in [0.5, 0.6) is 0 Å². The van der Waals surface area contributed by atoms with Gasteiger partial charge in [0.2, 0.25) is 12.1 Å². The van der Waals surface area contributed by atoms with E-state index in [4.69, 9.17) is 4.74 Å². The van der Waals surface area contributed by atoms with Gasteiger partial charge in [0, 0.05) is 41.5 Å². The number of likely N-dealkylation sites (N-methyl/N-ethyl adjacent to an activating group) is 1. The molecule has 2 fully saturated rings. The molecule has 0 unspecified atom stereocenters. The fraction of sp³-hybridized carbons (Fsp3) is 0.471. The van der Waals surface area contributed by atoms with Crippen molar-refractivity contribution < 1.29 is 38.9 Å². The summed E-state index contributed by atoms with van der Waals surface area (Å²) in [6.45, 7) is 14.4. The third-order valence-electron chi connectivity index (χ3n) is 8.96. The first kappa shape index (κ1) is 34.3. The molecule has 12 nitrogen and oxygen atoms in total. The highest BCUT2D eigenvalue weighted by Gasteiger charge is 2.44. The van der Waals surface area contributed by atoms with Gasteiger partial charge in [0.1, 0.15) is 23.6 Å². The number of anilines is 2. The summed E-state index contributed by atoms with van der Waals surface area (Å²) in [4.78, 5) is 44.4. The molecule has 47 heavy (non-hydrogen) atoms. The smallest absolute Gasteiger partial charge is 0.324 e. The molecule has 1 aromatic carbocycles. The van der Waals surface area contributed by atoms with Crippen molar-refractivity contribution in [3.63, 3.8) is 0 Å². The van der Waals surface area contributed by atoms with Gasteiger partial charge < -0.3 is 19.9 Å². The summed E-state index contributed by atoms with van der Waals surface area (Å²) in [6, 6.07) is 10.5. The summed E-state index contributed by atoms with van der Waals surface area (Å²) < 4.78 is 6.19. The Morgan fingerprint density at radius 1 is 1.09 bits per heavy atom. The molecule has 13 heteroatoms. The average Bonchev–Trinajstić information content (AvgIpc) is 3.42. The fourth-order valence-corrected chi connectivity index (χ4v) is 7.05. The molecule has 3 aromatic rings. The zero-order chi connectivity index (χ0) is 34.3. The predicted octanol–water partition coefficient (Wildman–Crippen LogP) is 4.62. The first-order valence-corrected chi connectivity index (χ1v) is 16.6. The Morgan fingerprint density at radius 3 is 2.45 bits per heavy atom. The molecular weight excluding hydrogens is 620 g/mol. The highest BCUT2D eigenvalue weighted by molar-refractivity contribution is 7.16. The topological polar surface area (TPSA) is 135 Å². The van der Waals surface area contributed by atoms with Gasteiger partial charge in [-0.2, -0.15) is 4.65 Å². The zero-order valence-corrected chi connectivity index (χ0v) is 29.0. The summed E-state index contributed by atoms with van der Waals surface area (Å²) in [5.74, 6) is -0.442. The van der Waals surface area contributed by atoms with Crippen LogP contribution in [0.15, 0.2) is 42.6 Å². The van der Waals surface area contributed by atoms with Crippen LogP contribution in [0.1, 0.15) is 61.1 Å². The van der Waals surface area contributed by atoms with Crippen LogP contribution in [0.25, 0.3) is 11.1 Å². The van der Waals surface area contributed by atoms with Gasteiger partial charge in [-0.05, 0) is 61.6 Å². The van der Waals surface area contributed by atoms with Crippen molar-refractivity contribution in [2.24, 2.45) is 0 Å². The number of aromatic nitrogens is 1. The maximum Gasteiger partial charge on any atom is 0.324 e. The number of hydrogen-bond acceptors (Lipinski definition) is 7. The number of piperazine rings is 1. The molecule has 2 aliphatic heterocycles. The number of urea groups is 1. The second-order valence-electron chi connectivity index (χ2n) is 14.0. The van der Waals surface area contributed by atoms with Crippen molar-refractivity contribution in [3.8, 4) is 11.1 Å². The highest BCUT2D eigenvalue weighted by Crippen LogP contribution is 2.38. The van der Waals surface area contributed by atoms with Crippen LogP contribution in [0, 0.1) is 6.92 Å². The van der Waals surface area contributed by atoms with E-state index >= 15 is 0 Å². The van der Waals surface area contributed by atoms with E-state index in [1.807, 2.05) is 52.0 Å². The SMILES string of the molecule is Cc1ccc(NC(=O)Nc2sc(C(C)(C)C)cc2C(=O)N2CCN(C)C(=O)C2(C)C)cc1-c1ccc(C[N+]2(O)CCOCC2)[n+](O)c1. The van der Waals surface area contributed by atoms with Gasteiger partial charge in [0.05, 0.1) is 24.3 Å². The van der Waals surface area contributed by atoms with Crippen LogP contribution in [0.3, 0.4) is 0 Å². The number of thiophene rings is 1. The maximum atomic E-state index is 13.9. The molecule has 0 radical (unpaired) electrons. The predicted molar refractivity (Wildman–Crippen MR) is 179 cm³/mol. The van der Waals surface area contributed by atoms with Gasteiger partial charge in [0.15, 0.2) is 6.54 Å². The molecule has 4 heterocycles. The van der Waals surface area contributed by atoms with Gasteiger partial charge in [-0.1, -0.05) is 26.8 Å². The third kappa shape index (κ3) is 7.28. The number of quaternary nitrogens is 1. The van der Waals surface area contributed by atoms with Crippen molar-refractivity contribution in [1.29, 1.82) is 0 Å². The normalized spacial score (nSPS) is 17.8. The Bertz CT molecular complexity index is 1690. The minimum absolute atomic E-state index is 0.136. The summed E-state index contributed by atoms with van der Waals surface area (Å²) in [5, 5.41) is 27.8. The standard InChI is InChI=1S/C34H44N6O6S/c1-22-8-10-24(18-26(22)23-9-11-25(39(44)20-23)21-40(45)14-16-46-17-15-40)35-32(43)36-29-27(19-28(47-29)33(2,3)4)30(41)38-13-12-37(7)31(42)34(38,5)6/h8-11,18-20,45H,12-17,21H2,1-7H3,(H-2,35,36,41,43,44)/p+2. The lowest BCUT2D eigenvalue weighted by Gasteiger charge is -2.44. The van der Waals surface area contributed by atoms with E-state index in [2.05, 4.69) is 10.6 Å². The van der Waals surface area contributed by atoms with Crippen molar-refractivity contribution >= 4 is 39.9 Å². The van der Waals surface area contributed by atoms with E-state index in [0.717, 1.165) is 26.3 Å². The van der Waals surface area contributed by atoms with Crippen LogP contribution in [0.4, 0.5) is 15.5 Å². The van der Waals surface area contributed by atoms with Crippen LogP contribution >= 0.6 is 11.3 Å². The largest absolute Gasteiger partial charge is 0.370 e. The first-order valence-electron chi connectivity index (χ1n) is 15.8. The molecule has 2 aromatic heterocycles. The number of hydroxylamine groups is 3. The fourth-order valence-electron chi connectivity index (χ4n) is 5.95. The summed E-state index contributed by atoms with van der Waals surface area (Å²) in [6.07, 6.45) is 1.59. The van der Waals surface area contributed by atoms with Crippen LogP contribution in [-0.4, -0.2) is 94.7 Å². The summed E-state index contributed by atoms with van der Waals surface area (Å²) >= 11 is 1.35. The van der Waals surface area contributed by atoms with Crippen LogP contribution in [-0.2, 0) is 21.5 Å². The minimum atomic E-state index is -1.03. The van der Waals surface area contributed by atoms with Crippen molar-refractivity contribution in [1.82, 2.24) is 9.80 Å². The molecule has 0 bridgehead atoms. The number of morpholine rings is 1. The molecule has 0 aliphatic carbocycles. The van der Waals surface area contributed by atoms with Crippen LogP contribution in [0.2, 0.25) is 0 Å². The number of aryl methyl sites for hydroxylation is 1. The van der Waals surface area contributed by atoms with Gasteiger partial charge in [0.25, 0.3) is 11.6 Å². The van der Waals surface area contributed by atoms with Crippen molar-refractivity contribution in [2.45, 2.75) is 59.0 Å². The zero-order valence-electron chi connectivity index (χ0n) is 28.2. The van der Waals surface area contributed by atoms with Crippen LogP contribution < -0.4 is 15.4 Å². The van der Waals surface area contributed by atoms with Gasteiger partial charge in [-0.3, -0.25) is 20.1 Å². The van der Waals surface area contributed by atoms with Gasteiger partial charge in [-0.25, -0.2) is 10.0 Å². The first-order chi connectivity index (χ1) is 22.0. The minimum Gasteiger partial charge on any atom is -0.370 e. The Hall–Kier alpha value is -4.04. The Balaban J connectivity index is 1.36. The Labute approximate surface area is 279 Å². The molecule has 4 amide bonds. The lowest BCUT2D eigenvalue weighted by Crippen LogP contribution is -2.63. The number of nitrogens with one attached hydrogen (secondary N) is 2. The summed E-state index contributed by atoms with van der Waals surface area (Å²) in [5.41, 5.74) is 2.61. The lowest BCUT2D eigenvalue weighted by molar-refractivity contribution is -1.12. The van der Waals surface area contributed by atoms with E-state index in [1.54, 1.807) is 49.0 Å². The third-order valence-corrected chi connectivity index (χ3v) is 10.4. The van der Waals surface area contributed by atoms with E-state index in [-0.39, 0.29) is 28.4 Å². The number of amides is 4. The molecule has 0 spiro atoms. The molecule has 0 atom stereocenters. The van der Waals surface area contributed by atoms with Gasteiger partial charge in [-0.15, -0.1) is 11.3 Å². The van der Waals surface area contributed by atoms with Crippen molar-refractivity contribution in [3.05, 3.63) is 64.3 Å². The second kappa shape index (κ2) is 12.9. The lowest BCUT2D eigenvalue weighted by atomic mass is 9.93. The number of carbonyl (C=O) groups is 3.